The van der Waals surface area contributed by atoms with Crippen LogP contribution in [0.5, 0.6) is 0 Å². The molecular weight excluding hydrogens is 247 g/mol. The van der Waals surface area contributed by atoms with Gasteiger partial charge in [0.1, 0.15) is 0 Å². The monoisotopic (exact) mass is 262 g/mol. The summed E-state index contributed by atoms with van der Waals surface area (Å²) in [5.74, 6) is -0.913. The Balaban J connectivity index is 2.01. The summed E-state index contributed by atoms with van der Waals surface area (Å²) in [6.07, 6.45) is 2.45. The van der Waals surface area contributed by atoms with Gasteiger partial charge in [0.15, 0.2) is 5.82 Å². The third kappa shape index (κ3) is 2.88. The Hall–Kier alpha value is -2.00. The first-order valence-electron chi connectivity index (χ1n) is 6.16. The molecule has 1 unspecified atom stereocenters. The number of piperazine rings is 1. The fourth-order valence-electron chi connectivity index (χ4n) is 2.11. The Labute approximate surface area is 111 Å². The van der Waals surface area contributed by atoms with Crippen LogP contribution >= 0.6 is 0 Å². The predicted molar refractivity (Wildman–Crippen MR) is 66.7 cm³/mol. The van der Waals surface area contributed by atoms with Crippen molar-refractivity contribution >= 4 is 5.91 Å². The van der Waals surface area contributed by atoms with Gasteiger partial charge in [-0.3, -0.25) is 14.7 Å². The van der Waals surface area contributed by atoms with Crippen molar-refractivity contribution in [1.29, 1.82) is 5.26 Å². The highest BCUT2D eigenvalue weighted by Gasteiger charge is 2.25. The lowest BCUT2D eigenvalue weighted by atomic mass is 10.2. The Kier molecular flexibility index (Phi) is 4.07. The first-order chi connectivity index (χ1) is 9.13. The van der Waals surface area contributed by atoms with Gasteiger partial charge in [0.25, 0.3) is 5.91 Å². The zero-order valence-electron chi connectivity index (χ0n) is 10.7. The van der Waals surface area contributed by atoms with Crippen LogP contribution in [0.1, 0.15) is 17.3 Å². The van der Waals surface area contributed by atoms with Crippen LogP contribution in [-0.2, 0) is 0 Å². The van der Waals surface area contributed by atoms with Gasteiger partial charge in [0.05, 0.1) is 23.9 Å². The van der Waals surface area contributed by atoms with E-state index in [-0.39, 0.29) is 17.5 Å². The van der Waals surface area contributed by atoms with Crippen molar-refractivity contribution in [2.24, 2.45) is 0 Å². The van der Waals surface area contributed by atoms with E-state index < -0.39 is 5.82 Å². The second kappa shape index (κ2) is 5.76. The Bertz CT molecular complexity index is 506. The Morgan fingerprint density at radius 1 is 1.47 bits per heavy atom. The van der Waals surface area contributed by atoms with E-state index in [0.717, 1.165) is 6.20 Å². The first-order valence-corrected chi connectivity index (χ1v) is 6.16. The average molecular weight is 262 g/mol. The second-order valence-electron chi connectivity index (χ2n) is 4.49. The van der Waals surface area contributed by atoms with Crippen molar-refractivity contribution in [3.63, 3.8) is 0 Å². The highest BCUT2D eigenvalue weighted by Crippen LogP contribution is 2.12. The number of rotatable bonds is 2. The molecule has 1 aliphatic heterocycles. The molecule has 0 aromatic carbocycles. The minimum atomic E-state index is -0.597. The van der Waals surface area contributed by atoms with Crippen molar-refractivity contribution < 1.29 is 9.18 Å². The number of carbonyl (C=O) groups excluding carboxylic acids is 1. The lowest BCUT2D eigenvalue weighted by molar-refractivity contribution is 0.0611. The summed E-state index contributed by atoms with van der Waals surface area (Å²) in [6, 6.07) is 3.41. The van der Waals surface area contributed by atoms with Crippen LogP contribution in [0.25, 0.3) is 0 Å². The van der Waals surface area contributed by atoms with E-state index in [2.05, 4.69) is 11.1 Å². The van der Waals surface area contributed by atoms with E-state index in [1.54, 1.807) is 4.90 Å². The Morgan fingerprint density at radius 3 is 2.74 bits per heavy atom. The SMILES string of the molecule is CC(C#N)N1CCN(C(=O)c2ccncc2F)CC1. The summed E-state index contributed by atoms with van der Waals surface area (Å²) in [5.41, 5.74) is 0.0526. The van der Waals surface area contributed by atoms with Gasteiger partial charge < -0.3 is 4.90 Å². The van der Waals surface area contributed by atoms with Gasteiger partial charge >= 0.3 is 0 Å². The minimum Gasteiger partial charge on any atom is -0.336 e. The third-order valence-corrected chi connectivity index (χ3v) is 3.34. The van der Waals surface area contributed by atoms with Crippen molar-refractivity contribution in [2.75, 3.05) is 26.2 Å². The molecule has 1 saturated heterocycles. The third-order valence-electron chi connectivity index (χ3n) is 3.34. The molecule has 0 radical (unpaired) electrons. The van der Waals surface area contributed by atoms with Gasteiger partial charge in [-0.15, -0.1) is 0 Å². The molecule has 1 amide bonds. The summed E-state index contributed by atoms with van der Waals surface area (Å²) in [5, 5.41) is 8.85. The van der Waals surface area contributed by atoms with Crippen LogP contribution in [0.4, 0.5) is 4.39 Å². The van der Waals surface area contributed by atoms with Crippen LogP contribution in [0.2, 0.25) is 0 Å². The van der Waals surface area contributed by atoms with E-state index in [1.807, 2.05) is 11.8 Å². The summed E-state index contributed by atoms with van der Waals surface area (Å²) >= 11 is 0. The molecular formula is C13H15FN4O. The number of aromatic nitrogens is 1. The van der Waals surface area contributed by atoms with Crippen molar-refractivity contribution in [2.45, 2.75) is 13.0 Å². The van der Waals surface area contributed by atoms with E-state index in [4.69, 9.17) is 5.26 Å². The topological polar surface area (TPSA) is 60.2 Å². The molecule has 0 spiro atoms. The fraction of sp³-hybridized carbons (Fsp3) is 0.462. The second-order valence-corrected chi connectivity index (χ2v) is 4.49. The van der Waals surface area contributed by atoms with Crippen LogP contribution in [0.15, 0.2) is 18.5 Å². The Morgan fingerprint density at radius 2 is 2.16 bits per heavy atom. The maximum atomic E-state index is 13.5. The van der Waals surface area contributed by atoms with Gasteiger partial charge in [0.2, 0.25) is 0 Å². The maximum Gasteiger partial charge on any atom is 0.257 e. The van der Waals surface area contributed by atoms with Crippen LogP contribution in [0.3, 0.4) is 0 Å². The lowest BCUT2D eigenvalue weighted by Gasteiger charge is -2.35. The molecule has 1 aromatic rings. The molecule has 2 rings (SSSR count). The number of hydrogen-bond donors (Lipinski definition) is 0. The van der Waals surface area contributed by atoms with E-state index in [0.29, 0.717) is 26.2 Å². The fourth-order valence-corrected chi connectivity index (χ4v) is 2.11. The zero-order valence-corrected chi connectivity index (χ0v) is 10.7. The maximum absolute atomic E-state index is 13.5. The molecule has 2 heterocycles. The smallest absolute Gasteiger partial charge is 0.257 e. The number of carbonyl (C=O) groups is 1. The van der Waals surface area contributed by atoms with Crippen molar-refractivity contribution in [3.05, 3.63) is 29.8 Å². The van der Waals surface area contributed by atoms with Gasteiger partial charge in [0, 0.05) is 32.4 Å². The normalized spacial score (nSPS) is 17.8. The highest BCUT2D eigenvalue weighted by molar-refractivity contribution is 5.94. The molecule has 1 atom stereocenters. The molecule has 0 aliphatic carbocycles. The van der Waals surface area contributed by atoms with Gasteiger partial charge in [-0.1, -0.05) is 0 Å². The van der Waals surface area contributed by atoms with Crippen LogP contribution < -0.4 is 0 Å². The standard InChI is InChI=1S/C13H15FN4O/c1-10(8-15)17-4-6-18(7-5-17)13(19)11-2-3-16-9-12(11)14/h2-3,9-10H,4-7H2,1H3. The molecule has 0 bridgehead atoms. The van der Waals surface area contributed by atoms with Gasteiger partial charge in [-0.05, 0) is 13.0 Å². The number of nitrogens with zero attached hydrogens (tertiary/aromatic N) is 4. The van der Waals surface area contributed by atoms with Crippen molar-refractivity contribution in [1.82, 2.24) is 14.8 Å². The summed E-state index contributed by atoms with van der Waals surface area (Å²) < 4.78 is 13.5. The molecule has 1 aliphatic rings. The lowest BCUT2D eigenvalue weighted by Crippen LogP contribution is -2.51. The number of amides is 1. The molecule has 5 nitrogen and oxygen atoms in total. The number of nitriles is 1. The van der Waals surface area contributed by atoms with E-state index in [9.17, 15) is 9.18 Å². The molecule has 1 aromatic heterocycles. The van der Waals surface area contributed by atoms with Crippen molar-refractivity contribution in [3.8, 4) is 6.07 Å². The van der Waals surface area contributed by atoms with Crippen LogP contribution in [0, 0.1) is 17.1 Å². The molecule has 0 saturated carbocycles. The summed E-state index contributed by atoms with van der Waals surface area (Å²) in [4.78, 5) is 19.4. The number of halogens is 1. The summed E-state index contributed by atoms with van der Waals surface area (Å²) in [6.45, 7) is 4.11. The molecule has 1 fully saturated rings. The highest BCUT2D eigenvalue weighted by atomic mass is 19.1. The first kappa shape index (κ1) is 13.4. The largest absolute Gasteiger partial charge is 0.336 e. The summed E-state index contributed by atoms with van der Waals surface area (Å²) in [7, 11) is 0. The molecule has 19 heavy (non-hydrogen) atoms. The molecule has 0 N–H and O–H groups in total. The van der Waals surface area contributed by atoms with E-state index >= 15 is 0 Å². The van der Waals surface area contributed by atoms with Gasteiger partial charge in [-0.2, -0.15) is 5.26 Å². The zero-order chi connectivity index (χ0) is 13.8. The van der Waals surface area contributed by atoms with Crippen LogP contribution in [-0.4, -0.2) is 52.9 Å². The minimum absolute atomic E-state index is 0.0526. The number of hydrogen-bond acceptors (Lipinski definition) is 4. The quantitative estimate of drug-likeness (QED) is 0.794. The number of pyridine rings is 1. The average Bonchev–Trinajstić information content (AvgIpc) is 2.46. The van der Waals surface area contributed by atoms with Gasteiger partial charge in [-0.25, -0.2) is 4.39 Å². The van der Waals surface area contributed by atoms with E-state index in [1.165, 1.54) is 12.3 Å². The molecule has 100 valence electrons. The predicted octanol–water partition coefficient (Wildman–Crippen LogP) is 0.891. The molecule has 6 heteroatoms.